The predicted octanol–water partition coefficient (Wildman–Crippen LogP) is 3.75. The summed E-state index contributed by atoms with van der Waals surface area (Å²) in [6.45, 7) is 2.32. The Bertz CT molecular complexity index is 1220. The minimum Gasteiger partial charge on any atom is -0.339 e. The lowest BCUT2D eigenvalue weighted by Crippen LogP contribution is -2.25. The second kappa shape index (κ2) is 6.90. The van der Waals surface area contributed by atoms with Gasteiger partial charge in [0.25, 0.3) is 0 Å². The van der Waals surface area contributed by atoms with E-state index < -0.39 is 0 Å². The topological polar surface area (TPSA) is 98.8 Å². The maximum atomic E-state index is 11.7. The Kier molecular flexibility index (Phi) is 4.09. The highest BCUT2D eigenvalue weighted by molar-refractivity contribution is 5.94. The van der Waals surface area contributed by atoms with Crippen molar-refractivity contribution < 1.29 is 4.79 Å². The van der Waals surface area contributed by atoms with E-state index in [0.717, 1.165) is 46.5 Å². The molecule has 0 saturated carbocycles. The highest BCUT2D eigenvalue weighted by Crippen LogP contribution is 2.31. The normalized spacial score (nSPS) is 12.8. The Morgan fingerprint density at radius 1 is 1.17 bits per heavy atom. The molecule has 1 aliphatic heterocycles. The fourth-order valence-electron chi connectivity index (χ4n) is 3.64. The zero-order valence-corrected chi connectivity index (χ0v) is 15.8. The highest BCUT2D eigenvalue weighted by Gasteiger charge is 2.22. The molecule has 1 aliphatic rings. The first-order valence-electron chi connectivity index (χ1n) is 9.37. The van der Waals surface area contributed by atoms with Gasteiger partial charge in [0.2, 0.25) is 11.9 Å². The minimum absolute atomic E-state index is 0.0687. The summed E-state index contributed by atoms with van der Waals surface area (Å²) in [5.74, 6) is 1.25. The van der Waals surface area contributed by atoms with Crippen LogP contribution in [0.5, 0.6) is 0 Å². The summed E-state index contributed by atoms with van der Waals surface area (Å²) in [7, 11) is 0. The Hall–Kier alpha value is -3.94. The lowest BCUT2D eigenvalue weighted by atomic mass is 10.1. The van der Waals surface area contributed by atoms with Crippen LogP contribution >= 0.6 is 0 Å². The van der Waals surface area contributed by atoms with Gasteiger partial charge in [0.1, 0.15) is 5.82 Å². The van der Waals surface area contributed by atoms with E-state index in [1.165, 1.54) is 0 Å². The van der Waals surface area contributed by atoms with Gasteiger partial charge in [-0.1, -0.05) is 6.07 Å². The van der Waals surface area contributed by atoms with Crippen LogP contribution < -0.4 is 15.5 Å². The first-order valence-corrected chi connectivity index (χ1v) is 9.37. The van der Waals surface area contributed by atoms with Crippen LogP contribution in [0.3, 0.4) is 0 Å². The molecule has 0 bridgehead atoms. The average Bonchev–Trinajstić information content (AvgIpc) is 3.35. The molecule has 1 amide bonds. The van der Waals surface area contributed by atoms with E-state index in [-0.39, 0.29) is 5.91 Å². The van der Waals surface area contributed by atoms with Gasteiger partial charge in [-0.2, -0.15) is 10.1 Å². The summed E-state index contributed by atoms with van der Waals surface area (Å²) in [5, 5.41) is 14.6. The molecule has 2 aromatic carbocycles. The summed E-state index contributed by atoms with van der Waals surface area (Å²) in [5.41, 5.74) is 4.89. The molecule has 0 radical (unpaired) electrons. The average molecular weight is 385 g/mol. The molecule has 2 aromatic heterocycles. The van der Waals surface area contributed by atoms with Gasteiger partial charge in [-0.05, 0) is 48.4 Å². The van der Waals surface area contributed by atoms with Crippen molar-refractivity contribution in [2.24, 2.45) is 0 Å². The molecule has 5 rings (SSSR count). The lowest BCUT2D eigenvalue weighted by molar-refractivity contribution is -0.116. The van der Waals surface area contributed by atoms with E-state index in [1.54, 1.807) is 24.2 Å². The second-order valence-corrected chi connectivity index (χ2v) is 6.92. The molecule has 3 N–H and O–H groups in total. The van der Waals surface area contributed by atoms with E-state index in [4.69, 9.17) is 0 Å². The van der Waals surface area contributed by atoms with Crippen molar-refractivity contribution in [2.75, 3.05) is 22.1 Å². The number of aromatic nitrogens is 4. The molecule has 8 heteroatoms. The van der Waals surface area contributed by atoms with Gasteiger partial charge >= 0.3 is 0 Å². The van der Waals surface area contributed by atoms with Gasteiger partial charge in [-0.15, -0.1) is 0 Å². The van der Waals surface area contributed by atoms with Gasteiger partial charge < -0.3 is 15.5 Å². The molecular weight excluding hydrogens is 366 g/mol. The molecule has 0 atom stereocenters. The van der Waals surface area contributed by atoms with E-state index in [2.05, 4.69) is 30.8 Å². The number of nitrogens with one attached hydrogen (secondary N) is 3. The molecule has 0 fully saturated rings. The smallest absolute Gasteiger partial charge is 0.229 e. The van der Waals surface area contributed by atoms with Gasteiger partial charge in [0.15, 0.2) is 0 Å². The highest BCUT2D eigenvalue weighted by atomic mass is 16.2. The number of hydrogen-bond acceptors (Lipinski definition) is 6. The summed E-state index contributed by atoms with van der Waals surface area (Å²) in [6.07, 6.45) is 4.34. The number of benzene rings is 2. The molecule has 144 valence electrons. The van der Waals surface area contributed by atoms with Crippen molar-refractivity contribution >= 4 is 45.6 Å². The number of amides is 1. The quantitative estimate of drug-likeness (QED) is 0.495. The SMILES string of the molecule is CC(=O)N1CCc2cc(Nc3nccc(Nc4cccc5[nH]ncc45)n3)ccc21. The third-order valence-electron chi connectivity index (χ3n) is 5.01. The van der Waals surface area contributed by atoms with Crippen LogP contribution in [-0.4, -0.2) is 32.6 Å². The summed E-state index contributed by atoms with van der Waals surface area (Å²) in [4.78, 5) is 22.4. The van der Waals surface area contributed by atoms with E-state index in [0.29, 0.717) is 11.8 Å². The third kappa shape index (κ3) is 3.25. The lowest BCUT2D eigenvalue weighted by Gasteiger charge is -2.15. The van der Waals surface area contributed by atoms with Crippen LogP contribution in [0.1, 0.15) is 12.5 Å². The van der Waals surface area contributed by atoms with Crippen molar-refractivity contribution in [3.63, 3.8) is 0 Å². The van der Waals surface area contributed by atoms with E-state index >= 15 is 0 Å². The van der Waals surface area contributed by atoms with Crippen LogP contribution in [0.25, 0.3) is 10.9 Å². The van der Waals surface area contributed by atoms with Crippen LogP contribution in [0.15, 0.2) is 54.9 Å². The van der Waals surface area contributed by atoms with Crippen LogP contribution in [0.2, 0.25) is 0 Å². The van der Waals surface area contributed by atoms with Crippen molar-refractivity contribution in [2.45, 2.75) is 13.3 Å². The Balaban J connectivity index is 1.37. The van der Waals surface area contributed by atoms with E-state index in [1.807, 2.05) is 42.5 Å². The number of anilines is 5. The zero-order valence-electron chi connectivity index (χ0n) is 15.8. The summed E-state index contributed by atoms with van der Waals surface area (Å²) < 4.78 is 0. The number of rotatable bonds is 4. The summed E-state index contributed by atoms with van der Waals surface area (Å²) in [6, 6.07) is 13.7. The largest absolute Gasteiger partial charge is 0.339 e. The van der Waals surface area contributed by atoms with Crippen LogP contribution in [0.4, 0.5) is 28.8 Å². The first kappa shape index (κ1) is 17.2. The number of fused-ring (bicyclic) bond motifs is 2. The Morgan fingerprint density at radius 3 is 3.00 bits per heavy atom. The van der Waals surface area contributed by atoms with Crippen LogP contribution in [-0.2, 0) is 11.2 Å². The fraction of sp³-hybridized carbons (Fsp3) is 0.143. The fourth-order valence-corrected chi connectivity index (χ4v) is 3.64. The summed E-state index contributed by atoms with van der Waals surface area (Å²) >= 11 is 0. The number of aromatic amines is 1. The van der Waals surface area contributed by atoms with Crippen molar-refractivity contribution in [1.82, 2.24) is 20.2 Å². The van der Waals surface area contributed by atoms with E-state index in [9.17, 15) is 4.79 Å². The predicted molar refractivity (Wildman–Crippen MR) is 113 cm³/mol. The van der Waals surface area contributed by atoms with Gasteiger partial charge in [0.05, 0.1) is 17.4 Å². The van der Waals surface area contributed by atoms with Crippen LogP contribution in [0, 0.1) is 0 Å². The monoisotopic (exact) mass is 385 g/mol. The molecular formula is C21H19N7O. The molecule has 3 heterocycles. The zero-order chi connectivity index (χ0) is 19.8. The molecule has 8 nitrogen and oxygen atoms in total. The van der Waals surface area contributed by atoms with Gasteiger partial charge in [-0.3, -0.25) is 9.89 Å². The maximum absolute atomic E-state index is 11.7. The van der Waals surface area contributed by atoms with Crippen molar-refractivity contribution in [1.29, 1.82) is 0 Å². The minimum atomic E-state index is 0.0687. The molecule has 29 heavy (non-hydrogen) atoms. The third-order valence-corrected chi connectivity index (χ3v) is 5.01. The standard InChI is InChI=1S/C21H19N7O/c1-13(29)28-10-8-14-11-15(5-6-19(14)28)24-21-22-9-7-20(26-21)25-17-3-2-4-18-16(17)12-23-27-18/h2-7,9,11-12H,8,10H2,1H3,(H,23,27)(H2,22,24,25,26). The molecule has 0 saturated heterocycles. The van der Waals surface area contributed by atoms with Crippen molar-refractivity contribution in [3.05, 3.63) is 60.4 Å². The second-order valence-electron chi connectivity index (χ2n) is 6.92. The number of hydrogen-bond donors (Lipinski definition) is 3. The maximum Gasteiger partial charge on any atom is 0.229 e. The number of H-pyrrole nitrogens is 1. The molecule has 0 unspecified atom stereocenters. The number of carbonyl (C=O) groups excluding carboxylic acids is 1. The first-order chi connectivity index (χ1) is 14.2. The van der Waals surface area contributed by atoms with Gasteiger partial charge in [-0.25, -0.2) is 4.98 Å². The Labute approximate surface area is 167 Å². The Morgan fingerprint density at radius 2 is 2.10 bits per heavy atom. The molecule has 4 aromatic rings. The van der Waals surface area contributed by atoms with Gasteiger partial charge in [0, 0.05) is 36.4 Å². The number of nitrogens with zero attached hydrogens (tertiary/aromatic N) is 4. The van der Waals surface area contributed by atoms with Crippen molar-refractivity contribution in [3.8, 4) is 0 Å². The molecule has 0 aliphatic carbocycles. The molecule has 0 spiro atoms. The number of carbonyl (C=O) groups is 1.